The van der Waals surface area contributed by atoms with Gasteiger partial charge in [-0.1, -0.05) is 6.07 Å². The Hall–Kier alpha value is -1.82. The summed E-state index contributed by atoms with van der Waals surface area (Å²) in [6.07, 6.45) is -4.74. The zero-order valence-electron chi connectivity index (χ0n) is 10.8. The van der Waals surface area contributed by atoms with Crippen molar-refractivity contribution in [3.63, 3.8) is 0 Å². The second-order valence-corrected chi connectivity index (χ2v) is 5.07. The molecule has 0 unspecified atom stereocenters. The Morgan fingerprint density at radius 1 is 1.25 bits per heavy atom. The highest BCUT2D eigenvalue weighted by atomic mass is 19.4. The highest BCUT2D eigenvalue weighted by Crippen LogP contribution is 2.35. The van der Waals surface area contributed by atoms with E-state index < -0.39 is 11.7 Å². The van der Waals surface area contributed by atoms with Crippen molar-refractivity contribution in [3.05, 3.63) is 35.5 Å². The van der Waals surface area contributed by atoms with Crippen molar-refractivity contribution in [3.8, 4) is 0 Å². The van der Waals surface area contributed by atoms with E-state index in [0.717, 1.165) is 17.8 Å². The number of nitrogens with zero attached hydrogens (tertiary/aromatic N) is 2. The number of anilines is 1. The van der Waals surface area contributed by atoms with Crippen molar-refractivity contribution >= 4 is 16.6 Å². The molecule has 1 saturated heterocycles. The molecule has 1 aliphatic heterocycles. The lowest BCUT2D eigenvalue weighted by Crippen LogP contribution is -2.50. The molecule has 1 fully saturated rings. The van der Waals surface area contributed by atoms with Gasteiger partial charge >= 0.3 is 6.18 Å². The Morgan fingerprint density at radius 2 is 1.95 bits per heavy atom. The standard InChI is InChI=1S/C14H13F3N2O/c1-8-4-13(19-6-10(20)7-19)11-3-2-9(14(15,16)17)5-12(11)18-8/h2-5,10,20H,6-7H2,1H3. The number of benzene rings is 1. The van der Waals surface area contributed by atoms with Crippen LogP contribution in [0.4, 0.5) is 18.9 Å². The van der Waals surface area contributed by atoms with Gasteiger partial charge in [-0.05, 0) is 25.1 Å². The minimum absolute atomic E-state index is 0.330. The fraction of sp³-hybridized carbons (Fsp3) is 0.357. The third-order valence-electron chi connectivity index (χ3n) is 3.45. The summed E-state index contributed by atoms with van der Waals surface area (Å²) in [4.78, 5) is 6.12. The molecule has 0 spiro atoms. The number of hydrogen-bond acceptors (Lipinski definition) is 3. The van der Waals surface area contributed by atoms with Crippen LogP contribution in [0.15, 0.2) is 24.3 Å². The van der Waals surface area contributed by atoms with Gasteiger partial charge < -0.3 is 10.0 Å². The van der Waals surface area contributed by atoms with E-state index in [2.05, 4.69) is 4.98 Å². The molecule has 20 heavy (non-hydrogen) atoms. The molecule has 1 aromatic carbocycles. The quantitative estimate of drug-likeness (QED) is 0.873. The first-order chi connectivity index (χ1) is 9.34. The first kappa shape index (κ1) is 13.2. The van der Waals surface area contributed by atoms with Gasteiger partial charge in [0.25, 0.3) is 0 Å². The van der Waals surface area contributed by atoms with Crippen LogP contribution in [0.5, 0.6) is 0 Å². The molecule has 0 atom stereocenters. The summed E-state index contributed by atoms with van der Waals surface area (Å²) in [7, 11) is 0. The minimum Gasteiger partial charge on any atom is -0.389 e. The number of hydrogen-bond donors (Lipinski definition) is 1. The largest absolute Gasteiger partial charge is 0.416 e. The van der Waals surface area contributed by atoms with Crippen LogP contribution < -0.4 is 4.90 Å². The maximum Gasteiger partial charge on any atom is 0.416 e. The van der Waals surface area contributed by atoms with Crippen LogP contribution in [0.2, 0.25) is 0 Å². The van der Waals surface area contributed by atoms with Gasteiger partial charge in [0.05, 0.1) is 17.2 Å². The zero-order valence-corrected chi connectivity index (χ0v) is 10.8. The topological polar surface area (TPSA) is 36.4 Å². The fourth-order valence-corrected chi connectivity index (χ4v) is 2.43. The smallest absolute Gasteiger partial charge is 0.389 e. The van der Waals surface area contributed by atoms with Gasteiger partial charge in [-0.3, -0.25) is 4.98 Å². The van der Waals surface area contributed by atoms with E-state index in [1.54, 1.807) is 6.92 Å². The number of aryl methyl sites for hydroxylation is 1. The normalized spacial score (nSPS) is 16.6. The molecule has 0 bridgehead atoms. The van der Waals surface area contributed by atoms with Gasteiger partial charge in [-0.2, -0.15) is 13.2 Å². The molecule has 0 aliphatic carbocycles. The number of halogens is 3. The number of pyridine rings is 1. The number of alkyl halides is 3. The Kier molecular flexibility index (Phi) is 2.86. The van der Waals surface area contributed by atoms with Crippen molar-refractivity contribution in [1.29, 1.82) is 0 Å². The summed E-state index contributed by atoms with van der Waals surface area (Å²) in [6, 6.07) is 5.42. The van der Waals surface area contributed by atoms with E-state index >= 15 is 0 Å². The summed E-state index contributed by atoms with van der Waals surface area (Å²) < 4.78 is 38.2. The summed E-state index contributed by atoms with van der Waals surface area (Å²) in [6.45, 7) is 2.75. The van der Waals surface area contributed by atoms with E-state index in [9.17, 15) is 18.3 Å². The van der Waals surface area contributed by atoms with E-state index in [-0.39, 0.29) is 6.10 Å². The van der Waals surface area contributed by atoms with Gasteiger partial charge in [0, 0.05) is 29.9 Å². The van der Waals surface area contributed by atoms with Crippen LogP contribution in [-0.4, -0.2) is 29.3 Å². The predicted octanol–water partition coefficient (Wildman–Crippen LogP) is 2.74. The number of aliphatic hydroxyl groups is 1. The third kappa shape index (κ3) is 2.20. The predicted molar refractivity (Wildman–Crippen MR) is 69.7 cm³/mol. The lowest BCUT2D eigenvalue weighted by molar-refractivity contribution is -0.137. The summed E-state index contributed by atoms with van der Waals surface area (Å²) in [5.74, 6) is 0. The van der Waals surface area contributed by atoms with Gasteiger partial charge in [0.15, 0.2) is 0 Å². The molecule has 0 amide bonds. The van der Waals surface area contributed by atoms with Crippen LogP contribution >= 0.6 is 0 Å². The highest BCUT2D eigenvalue weighted by Gasteiger charge is 2.31. The Morgan fingerprint density at radius 3 is 2.55 bits per heavy atom. The monoisotopic (exact) mass is 282 g/mol. The number of fused-ring (bicyclic) bond motifs is 1. The molecule has 0 saturated carbocycles. The molecular formula is C14H13F3N2O. The van der Waals surface area contributed by atoms with Crippen molar-refractivity contribution in [2.24, 2.45) is 0 Å². The summed E-state index contributed by atoms with van der Waals surface area (Å²) >= 11 is 0. The fourth-order valence-electron chi connectivity index (χ4n) is 2.43. The molecule has 2 heterocycles. The molecule has 3 rings (SSSR count). The SMILES string of the molecule is Cc1cc(N2CC(O)C2)c2ccc(C(F)(F)F)cc2n1. The van der Waals surface area contributed by atoms with Crippen LogP contribution in [0.1, 0.15) is 11.3 Å². The van der Waals surface area contributed by atoms with E-state index in [4.69, 9.17) is 0 Å². The van der Waals surface area contributed by atoms with Crippen LogP contribution in [0, 0.1) is 6.92 Å². The van der Waals surface area contributed by atoms with Crippen molar-refractivity contribution < 1.29 is 18.3 Å². The molecule has 3 nitrogen and oxygen atoms in total. The van der Waals surface area contributed by atoms with E-state index in [1.165, 1.54) is 6.07 Å². The van der Waals surface area contributed by atoms with E-state index in [1.807, 2.05) is 11.0 Å². The molecule has 1 N–H and O–H groups in total. The van der Waals surface area contributed by atoms with Crippen molar-refractivity contribution in [2.45, 2.75) is 19.2 Å². The number of rotatable bonds is 1. The van der Waals surface area contributed by atoms with Crippen LogP contribution in [0.25, 0.3) is 10.9 Å². The second kappa shape index (κ2) is 4.34. The third-order valence-corrected chi connectivity index (χ3v) is 3.45. The average molecular weight is 282 g/mol. The highest BCUT2D eigenvalue weighted by molar-refractivity contribution is 5.92. The molecule has 2 aromatic rings. The second-order valence-electron chi connectivity index (χ2n) is 5.07. The molecule has 1 aliphatic rings. The maximum atomic E-state index is 12.7. The molecule has 6 heteroatoms. The summed E-state index contributed by atoms with van der Waals surface area (Å²) in [5, 5.41) is 10.0. The van der Waals surface area contributed by atoms with Gasteiger partial charge in [0.1, 0.15) is 0 Å². The van der Waals surface area contributed by atoms with Crippen molar-refractivity contribution in [1.82, 2.24) is 4.98 Å². The lowest BCUT2D eigenvalue weighted by Gasteiger charge is -2.38. The molecular weight excluding hydrogens is 269 g/mol. The number of aromatic nitrogens is 1. The minimum atomic E-state index is -4.37. The average Bonchev–Trinajstić information content (AvgIpc) is 2.32. The Bertz CT molecular complexity index is 663. The summed E-state index contributed by atoms with van der Waals surface area (Å²) in [5.41, 5.74) is 1.12. The first-order valence-corrected chi connectivity index (χ1v) is 6.26. The van der Waals surface area contributed by atoms with Crippen LogP contribution in [-0.2, 0) is 6.18 Å². The molecule has 106 valence electrons. The number of aliphatic hydroxyl groups excluding tert-OH is 1. The van der Waals surface area contributed by atoms with Gasteiger partial charge in [-0.25, -0.2) is 0 Å². The molecule has 1 aromatic heterocycles. The van der Waals surface area contributed by atoms with E-state index in [0.29, 0.717) is 29.7 Å². The Labute approximate surface area is 113 Å². The zero-order chi connectivity index (χ0) is 14.5. The first-order valence-electron chi connectivity index (χ1n) is 6.26. The van der Waals surface area contributed by atoms with Crippen molar-refractivity contribution in [2.75, 3.05) is 18.0 Å². The van der Waals surface area contributed by atoms with Gasteiger partial charge in [0.2, 0.25) is 0 Å². The van der Waals surface area contributed by atoms with Crippen LogP contribution in [0.3, 0.4) is 0 Å². The molecule has 0 radical (unpaired) electrons. The Balaban J connectivity index is 2.13. The number of β-amino-alcohol motifs (C(OH)–C–C–N with tert-alkyl or cyclic N) is 1. The lowest BCUT2D eigenvalue weighted by atomic mass is 10.0. The maximum absolute atomic E-state index is 12.7. The van der Waals surface area contributed by atoms with Gasteiger partial charge in [-0.15, -0.1) is 0 Å².